The highest BCUT2D eigenvalue weighted by molar-refractivity contribution is 5.96. The minimum Gasteiger partial charge on any atom is -0.497 e. The quantitative estimate of drug-likeness (QED) is 0.709. The molecular weight excluding hydrogens is 380 g/mol. The van der Waals surface area contributed by atoms with Crippen molar-refractivity contribution < 1.29 is 14.3 Å². The summed E-state index contributed by atoms with van der Waals surface area (Å²) in [6.07, 6.45) is 0.659. The summed E-state index contributed by atoms with van der Waals surface area (Å²) < 4.78 is 6.91. The lowest BCUT2D eigenvalue weighted by molar-refractivity contribution is 0.0730. The predicted octanol–water partition coefficient (Wildman–Crippen LogP) is 2.56. The zero-order valence-corrected chi connectivity index (χ0v) is 17.1. The zero-order chi connectivity index (χ0) is 21.1. The molecule has 0 saturated heterocycles. The summed E-state index contributed by atoms with van der Waals surface area (Å²) >= 11 is 0. The molecule has 0 bridgehead atoms. The lowest BCUT2D eigenvalue weighted by Gasteiger charge is -2.27. The number of rotatable bonds is 5. The Kier molecular flexibility index (Phi) is 5.52. The second kappa shape index (κ2) is 8.41. The average molecular weight is 404 g/mol. The molecule has 0 spiro atoms. The van der Waals surface area contributed by atoms with E-state index in [4.69, 9.17) is 4.74 Å². The topological polar surface area (TPSA) is 76.5 Å². The first-order valence-electron chi connectivity index (χ1n) is 9.87. The van der Waals surface area contributed by atoms with Gasteiger partial charge in [0.25, 0.3) is 11.8 Å². The Morgan fingerprint density at radius 1 is 1.10 bits per heavy atom. The van der Waals surface area contributed by atoms with Gasteiger partial charge in [-0.25, -0.2) is 0 Å². The maximum Gasteiger partial charge on any atom is 0.272 e. The van der Waals surface area contributed by atoms with Crippen molar-refractivity contribution >= 4 is 11.8 Å². The van der Waals surface area contributed by atoms with E-state index in [1.807, 2.05) is 37.4 Å². The molecule has 0 radical (unpaired) electrons. The maximum atomic E-state index is 13.0. The number of hydrogen-bond acceptors (Lipinski definition) is 4. The monoisotopic (exact) mass is 404 g/mol. The van der Waals surface area contributed by atoms with Gasteiger partial charge in [0.05, 0.1) is 13.7 Å². The van der Waals surface area contributed by atoms with Crippen molar-refractivity contribution in [3.05, 3.63) is 82.7 Å². The molecule has 1 N–H and O–H groups in total. The van der Waals surface area contributed by atoms with Crippen molar-refractivity contribution in [3.8, 4) is 5.75 Å². The molecule has 0 aliphatic carbocycles. The molecule has 7 heteroatoms. The lowest BCUT2D eigenvalue weighted by atomic mass is 10.0. The maximum absolute atomic E-state index is 13.0. The third-order valence-corrected chi connectivity index (χ3v) is 5.38. The van der Waals surface area contributed by atoms with Crippen molar-refractivity contribution in [1.82, 2.24) is 20.0 Å². The molecule has 2 heterocycles. The highest BCUT2D eigenvalue weighted by Crippen LogP contribution is 2.24. The smallest absolute Gasteiger partial charge is 0.272 e. The largest absolute Gasteiger partial charge is 0.497 e. The molecule has 7 nitrogen and oxygen atoms in total. The van der Waals surface area contributed by atoms with Gasteiger partial charge in [0.15, 0.2) is 5.69 Å². The number of hydrogen-bond donors (Lipinski definition) is 1. The molecule has 0 unspecified atom stereocenters. The summed E-state index contributed by atoms with van der Waals surface area (Å²) in [5, 5.41) is 7.38. The predicted molar refractivity (Wildman–Crippen MR) is 112 cm³/mol. The Balaban J connectivity index is 1.51. The molecule has 1 aliphatic rings. The van der Waals surface area contributed by atoms with Crippen LogP contribution in [0.2, 0.25) is 0 Å². The number of carbonyl (C=O) groups is 2. The molecule has 2 aromatic carbocycles. The average Bonchev–Trinajstić information content (AvgIpc) is 3.13. The Bertz CT molecular complexity index is 1060. The molecule has 0 atom stereocenters. The number of benzene rings is 2. The van der Waals surface area contributed by atoms with E-state index >= 15 is 0 Å². The standard InChI is InChI=1S/C23H24N4O3/c1-26-20-12-13-27(23(29)17-8-10-18(30-2)11-9-17)15-19(20)21(25-26)22(28)24-14-16-6-4-3-5-7-16/h3-11H,12-15H2,1-2H3,(H,24,28). The fourth-order valence-electron chi connectivity index (χ4n) is 3.73. The number of methoxy groups -OCH3 is 1. The van der Waals surface area contributed by atoms with Gasteiger partial charge >= 0.3 is 0 Å². The molecule has 0 fully saturated rings. The fraction of sp³-hybridized carbons (Fsp3) is 0.261. The fourth-order valence-corrected chi connectivity index (χ4v) is 3.73. The van der Waals surface area contributed by atoms with Gasteiger partial charge in [0, 0.05) is 43.4 Å². The molecule has 4 rings (SSSR count). The summed E-state index contributed by atoms with van der Waals surface area (Å²) in [5.74, 6) is 0.411. The third-order valence-electron chi connectivity index (χ3n) is 5.38. The number of carbonyl (C=O) groups excluding carboxylic acids is 2. The van der Waals surface area contributed by atoms with Gasteiger partial charge in [0.2, 0.25) is 0 Å². The molecule has 1 aliphatic heterocycles. The highest BCUT2D eigenvalue weighted by atomic mass is 16.5. The van der Waals surface area contributed by atoms with E-state index in [1.54, 1.807) is 41.0 Å². The van der Waals surface area contributed by atoms with E-state index in [1.165, 1.54) is 0 Å². The van der Waals surface area contributed by atoms with E-state index in [2.05, 4.69) is 10.4 Å². The molecule has 1 aromatic heterocycles. The van der Waals surface area contributed by atoms with E-state index in [0.29, 0.717) is 43.1 Å². The van der Waals surface area contributed by atoms with Crippen molar-refractivity contribution in [2.75, 3.05) is 13.7 Å². The Morgan fingerprint density at radius 2 is 1.83 bits per heavy atom. The van der Waals surface area contributed by atoms with Crippen LogP contribution in [0.4, 0.5) is 0 Å². The minimum atomic E-state index is -0.227. The molecule has 3 aromatic rings. The normalized spacial score (nSPS) is 12.9. The summed E-state index contributed by atoms with van der Waals surface area (Å²) in [5.41, 5.74) is 3.82. The van der Waals surface area contributed by atoms with Crippen LogP contribution < -0.4 is 10.1 Å². The van der Waals surface area contributed by atoms with Crippen molar-refractivity contribution in [2.45, 2.75) is 19.5 Å². The molecule has 154 valence electrons. The van der Waals surface area contributed by atoms with Crippen LogP contribution in [0.25, 0.3) is 0 Å². The SMILES string of the molecule is COc1ccc(C(=O)N2CCc3c(c(C(=O)NCc4ccccc4)nn3C)C2)cc1. The van der Waals surface area contributed by atoms with E-state index in [-0.39, 0.29) is 11.8 Å². The van der Waals surface area contributed by atoms with Crippen molar-refractivity contribution in [3.63, 3.8) is 0 Å². The molecular formula is C23H24N4O3. The van der Waals surface area contributed by atoms with Crippen molar-refractivity contribution in [1.29, 1.82) is 0 Å². The molecule has 30 heavy (non-hydrogen) atoms. The molecule has 0 saturated carbocycles. The number of ether oxygens (including phenoxy) is 1. The Labute approximate surface area is 175 Å². The van der Waals surface area contributed by atoms with Crippen LogP contribution >= 0.6 is 0 Å². The van der Waals surface area contributed by atoms with Crippen LogP contribution in [0.3, 0.4) is 0 Å². The summed E-state index contributed by atoms with van der Waals surface area (Å²) in [4.78, 5) is 27.5. The second-order valence-corrected chi connectivity index (χ2v) is 7.27. The van der Waals surface area contributed by atoms with Gasteiger partial charge in [-0.15, -0.1) is 0 Å². The highest BCUT2D eigenvalue weighted by Gasteiger charge is 2.29. The van der Waals surface area contributed by atoms with Crippen LogP contribution in [0.1, 0.15) is 37.7 Å². The summed E-state index contributed by atoms with van der Waals surface area (Å²) in [7, 11) is 3.43. The van der Waals surface area contributed by atoms with Gasteiger partial charge < -0.3 is 15.0 Å². The van der Waals surface area contributed by atoms with Crippen LogP contribution in [0, 0.1) is 0 Å². The summed E-state index contributed by atoms with van der Waals surface area (Å²) in [6.45, 7) is 1.38. The molecule has 2 amide bonds. The first kappa shape index (κ1) is 19.7. The van der Waals surface area contributed by atoms with Crippen LogP contribution in [0.5, 0.6) is 5.75 Å². The van der Waals surface area contributed by atoms with Gasteiger partial charge in [0.1, 0.15) is 5.75 Å². The Hall–Kier alpha value is -3.61. The van der Waals surface area contributed by atoms with E-state index < -0.39 is 0 Å². The van der Waals surface area contributed by atoms with Crippen LogP contribution in [-0.4, -0.2) is 40.1 Å². The number of nitrogens with zero attached hydrogens (tertiary/aromatic N) is 3. The van der Waals surface area contributed by atoms with Gasteiger partial charge in [-0.3, -0.25) is 14.3 Å². The number of amides is 2. The first-order chi connectivity index (χ1) is 14.6. The lowest BCUT2D eigenvalue weighted by Crippen LogP contribution is -2.37. The van der Waals surface area contributed by atoms with Gasteiger partial charge in [-0.2, -0.15) is 5.10 Å². The number of fused-ring (bicyclic) bond motifs is 1. The Morgan fingerprint density at radius 3 is 2.53 bits per heavy atom. The van der Waals surface area contributed by atoms with E-state index in [0.717, 1.165) is 16.8 Å². The number of nitrogens with one attached hydrogen (secondary N) is 1. The van der Waals surface area contributed by atoms with Gasteiger partial charge in [-0.05, 0) is 29.8 Å². The zero-order valence-electron chi connectivity index (χ0n) is 17.1. The first-order valence-corrected chi connectivity index (χ1v) is 9.87. The summed E-state index contributed by atoms with van der Waals surface area (Å²) in [6, 6.07) is 16.8. The van der Waals surface area contributed by atoms with Gasteiger partial charge in [-0.1, -0.05) is 30.3 Å². The van der Waals surface area contributed by atoms with E-state index in [9.17, 15) is 9.59 Å². The second-order valence-electron chi connectivity index (χ2n) is 7.27. The van der Waals surface area contributed by atoms with Crippen molar-refractivity contribution in [2.24, 2.45) is 7.05 Å². The van der Waals surface area contributed by atoms with Crippen LogP contribution in [0.15, 0.2) is 54.6 Å². The third kappa shape index (κ3) is 3.91. The minimum absolute atomic E-state index is 0.0669. The number of aryl methyl sites for hydroxylation is 1. The van der Waals surface area contributed by atoms with Crippen LogP contribution in [-0.2, 0) is 26.6 Å². The number of aromatic nitrogens is 2.